The number of carbonyl (C=O) groups excluding carboxylic acids is 3. The number of furan rings is 1. The number of anilines is 1. The molecule has 4 amide bonds. The number of imide groups is 2. The molecule has 0 unspecified atom stereocenters. The SMILES string of the molecule is Cc1cccc(N2C(=O)NC(=O)/C(=C\c3ccc(-c4ccccc4[N+](=O)[O-])o3)C2=O)c1. The van der Waals surface area contributed by atoms with E-state index in [-0.39, 0.29) is 28.3 Å². The molecule has 9 heteroatoms. The minimum atomic E-state index is -0.859. The Morgan fingerprint density at radius 2 is 1.81 bits per heavy atom. The van der Waals surface area contributed by atoms with E-state index < -0.39 is 22.8 Å². The number of nitrogens with one attached hydrogen (secondary N) is 1. The van der Waals surface area contributed by atoms with E-state index >= 15 is 0 Å². The van der Waals surface area contributed by atoms with Crippen molar-refractivity contribution in [1.82, 2.24) is 5.32 Å². The van der Waals surface area contributed by atoms with Crippen molar-refractivity contribution in [3.63, 3.8) is 0 Å². The Labute approximate surface area is 175 Å². The van der Waals surface area contributed by atoms with Crippen molar-refractivity contribution in [2.24, 2.45) is 0 Å². The molecular weight excluding hydrogens is 402 g/mol. The van der Waals surface area contributed by atoms with Crippen LogP contribution >= 0.6 is 0 Å². The normalized spacial score (nSPS) is 15.3. The summed E-state index contributed by atoms with van der Waals surface area (Å²) >= 11 is 0. The third kappa shape index (κ3) is 3.71. The number of benzene rings is 2. The lowest BCUT2D eigenvalue weighted by Gasteiger charge is -2.26. The summed E-state index contributed by atoms with van der Waals surface area (Å²) in [6, 6.07) is 14.9. The zero-order chi connectivity index (χ0) is 22.1. The van der Waals surface area contributed by atoms with Gasteiger partial charge >= 0.3 is 6.03 Å². The van der Waals surface area contributed by atoms with Crippen LogP contribution in [0, 0.1) is 17.0 Å². The van der Waals surface area contributed by atoms with Gasteiger partial charge in [-0.3, -0.25) is 25.0 Å². The second-order valence-electron chi connectivity index (χ2n) is 6.77. The number of urea groups is 1. The van der Waals surface area contributed by atoms with Crippen LogP contribution in [-0.2, 0) is 9.59 Å². The molecule has 2 aromatic carbocycles. The van der Waals surface area contributed by atoms with Crippen LogP contribution in [0.3, 0.4) is 0 Å². The molecule has 0 aliphatic carbocycles. The number of aryl methyl sites for hydroxylation is 1. The van der Waals surface area contributed by atoms with Gasteiger partial charge in [-0.05, 0) is 48.9 Å². The number of carbonyl (C=O) groups is 3. The predicted octanol–water partition coefficient (Wildman–Crippen LogP) is 3.83. The standard InChI is InChI=1S/C22H15N3O6/c1-13-5-4-6-14(11-13)24-21(27)17(20(26)23-22(24)28)12-15-9-10-19(31-15)16-7-2-3-8-18(16)25(29)30/h2-12H,1H3,(H,23,26,28)/b17-12+. The Balaban J connectivity index is 1.70. The molecule has 0 saturated carbocycles. The summed E-state index contributed by atoms with van der Waals surface area (Å²) < 4.78 is 5.63. The molecule has 1 aliphatic heterocycles. The second kappa shape index (κ2) is 7.71. The first-order valence-electron chi connectivity index (χ1n) is 9.17. The molecule has 1 fully saturated rings. The first-order chi connectivity index (χ1) is 14.8. The molecular formula is C22H15N3O6. The molecule has 0 spiro atoms. The van der Waals surface area contributed by atoms with Gasteiger partial charge in [-0.1, -0.05) is 24.3 Å². The van der Waals surface area contributed by atoms with Crippen molar-refractivity contribution in [2.45, 2.75) is 6.92 Å². The van der Waals surface area contributed by atoms with E-state index in [4.69, 9.17) is 4.42 Å². The van der Waals surface area contributed by atoms with Gasteiger partial charge in [0.1, 0.15) is 17.1 Å². The Kier molecular flexibility index (Phi) is 4.92. The van der Waals surface area contributed by atoms with E-state index in [1.807, 2.05) is 13.0 Å². The lowest BCUT2D eigenvalue weighted by Crippen LogP contribution is -2.54. The molecule has 9 nitrogen and oxygen atoms in total. The first kappa shape index (κ1) is 19.8. The monoisotopic (exact) mass is 417 g/mol. The van der Waals surface area contributed by atoms with E-state index in [2.05, 4.69) is 5.32 Å². The van der Waals surface area contributed by atoms with Crippen molar-refractivity contribution >= 4 is 35.3 Å². The average molecular weight is 417 g/mol. The topological polar surface area (TPSA) is 123 Å². The minimum Gasteiger partial charge on any atom is -0.456 e. The van der Waals surface area contributed by atoms with Crippen molar-refractivity contribution in [1.29, 1.82) is 0 Å². The molecule has 31 heavy (non-hydrogen) atoms. The van der Waals surface area contributed by atoms with Gasteiger partial charge in [-0.15, -0.1) is 0 Å². The molecule has 0 bridgehead atoms. The molecule has 1 aromatic heterocycles. The number of hydrogen-bond donors (Lipinski definition) is 1. The second-order valence-corrected chi connectivity index (χ2v) is 6.77. The van der Waals surface area contributed by atoms with Crippen molar-refractivity contribution < 1.29 is 23.7 Å². The van der Waals surface area contributed by atoms with E-state index in [1.54, 1.807) is 24.3 Å². The Bertz CT molecular complexity index is 1270. The van der Waals surface area contributed by atoms with Crippen LogP contribution in [0.1, 0.15) is 11.3 Å². The molecule has 0 atom stereocenters. The van der Waals surface area contributed by atoms with Crippen LogP contribution in [0.4, 0.5) is 16.2 Å². The molecule has 2 heterocycles. The van der Waals surface area contributed by atoms with Crippen LogP contribution < -0.4 is 10.2 Å². The van der Waals surface area contributed by atoms with Crippen LogP contribution in [0.2, 0.25) is 0 Å². The summed E-state index contributed by atoms with van der Waals surface area (Å²) in [5, 5.41) is 13.4. The van der Waals surface area contributed by atoms with Gasteiger partial charge in [0.15, 0.2) is 0 Å². The third-order valence-corrected chi connectivity index (χ3v) is 4.64. The summed E-state index contributed by atoms with van der Waals surface area (Å²) in [5.74, 6) is -1.33. The van der Waals surface area contributed by atoms with E-state index in [0.29, 0.717) is 5.69 Å². The Hall–Kier alpha value is -4.53. The third-order valence-electron chi connectivity index (χ3n) is 4.64. The number of para-hydroxylation sites is 1. The zero-order valence-electron chi connectivity index (χ0n) is 16.2. The number of rotatable bonds is 4. The van der Waals surface area contributed by atoms with E-state index in [9.17, 15) is 24.5 Å². The summed E-state index contributed by atoms with van der Waals surface area (Å²) in [4.78, 5) is 49.1. The van der Waals surface area contributed by atoms with Gasteiger partial charge in [0.05, 0.1) is 16.2 Å². The van der Waals surface area contributed by atoms with E-state index in [0.717, 1.165) is 10.5 Å². The maximum Gasteiger partial charge on any atom is 0.335 e. The van der Waals surface area contributed by atoms with Gasteiger partial charge in [0.2, 0.25) is 0 Å². The van der Waals surface area contributed by atoms with Gasteiger partial charge in [-0.2, -0.15) is 0 Å². The number of barbiturate groups is 1. The van der Waals surface area contributed by atoms with Crippen LogP contribution in [-0.4, -0.2) is 22.8 Å². The number of nitrogens with zero attached hydrogens (tertiary/aromatic N) is 2. The van der Waals surface area contributed by atoms with E-state index in [1.165, 1.54) is 36.4 Å². The fourth-order valence-corrected chi connectivity index (χ4v) is 3.22. The van der Waals surface area contributed by atoms with Crippen LogP contribution in [0.25, 0.3) is 17.4 Å². The largest absolute Gasteiger partial charge is 0.456 e. The summed E-state index contributed by atoms with van der Waals surface area (Å²) in [6.45, 7) is 1.81. The zero-order valence-corrected chi connectivity index (χ0v) is 16.2. The van der Waals surface area contributed by atoms with Crippen LogP contribution in [0.5, 0.6) is 0 Å². The average Bonchev–Trinajstić information content (AvgIpc) is 3.19. The summed E-state index contributed by atoms with van der Waals surface area (Å²) in [7, 11) is 0. The number of nitro groups is 1. The van der Waals surface area contributed by atoms with Gasteiger partial charge in [0, 0.05) is 6.07 Å². The highest BCUT2D eigenvalue weighted by Crippen LogP contribution is 2.32. The number of amides is 4. The smallest absolute Gasteiger partial charge is 0.335 e. The van der Waals surface area contributed by atoms with Crippen LogP contribution in [0.15, 0.2) is 70.7 Å². The van der Waals surface area contributed by atoms with Crippen molar-refractivity contribution in [3.8, 4) is 11.3 Å². The quantitative estimate of drug-likeness (QED) is 0.298. The fraction of sp³-hybridized carbons (Fsp3) is 0.0455. The lowest BCUT2D eigenvalue weighted by molar-refractivity contribution is -0.384. The van der Waals surface area contributed by atoms with Gasteiger partial charge < -0.3 is 4.42 Å². The maximum atomic E-state index is 12.9. The first-order valence-corrected chi connectivity index (χ1v) is 9.17. The molecule has 3 aromatic rings. The number of hydrogen-bond acceptors (Lipinski definition) is 6. The maximum absolute atomic E-state index is 12.9. The van der Waals surface area contributed by atoms with Crippen molar-refractivity contribution in [2.75, 3.05) is 4.90 Å². The number of nitro benzene ring substituents is 1. The lowest BCUT2D eigenvalue weighted by atomic mass is 10.1. The summed E-state index contributed by atoms with van der Waals surface area (Å²) in [5.41, 5.74) is 0.970. The molecule has 154 valence electrons. The highest BCUT2D eigenvalue weighted by atomic mass is 16.6. The Morgan fingerprint density at radius 1 is 1.03 bits per heavy atom. The molecule has 1 aliphatic rings. The van der Waals surface area contributed by atoms with Gasteiger partial charge in [0.25, 0.3) is 17.5 Å². The minimum absolute atomic E-state index is 0.130. The summed E-state index contributed by atoms with van der Waals surface area (Å²) in [6.07, 6.45) is 1.20. The highest BCUT2D eigenvalue weighted by Gasteiger charge is 2.37. The van der Waals surface area contributed by atoms with Crippen molar-refractivity contribution in [3.05, 3.63) is 87.7 Å². The Morgan fingerprint density at radius 3 is 2.55 bits per heavy atom. The molecule has 4 rings (SSSR count). The van der Waals surface area contributed by atoms with Gasteiger partial charge in [-0.25, -0.2) is 9.69 Å². The highest BCUT2D eigenvalue weighted by molar-refractivity contribution is 6.39. The molecule has 1 saturated heterocycles. The predicted molar refractivity (Wildman–Crippen MR) is 111 cm³/mol. The molecule has 1 N–H and O–H groups in total. The fourth-order valence-electron chi connectivity index (χ4n) is 3.22. The molecule has 0 radical (unpaired) electrons.